The maximum atomic E-state index is 13.6. The first-order chi connectivity index (χ1) is 21.7. The standard InChI is InChI=1S/C36H43N3O6/c1-4-6-15-30(20-26-13-8-7-9-14-26)36(44)45-24-32(35(43)38-31-19-18-27-16-10-11-17-28(27)21-31)39-34(42)29(12-5-2)22-33(41)37-25(3)23-40/h4-5,7-11,13-14,16-19,21,25,29-30,32,40H,1-2,6,12,15,20,22-24H2,3H3,(H,37,41)(H,38,43)(H,39,42)/t25-,29+,30-,32+/m1/s1. The third kappa shape index (κ3) is 11.4. The molecule has 0 radical (unpaired) electrons. The summed E-state index contributed by atoms with van der Waals surface area (Å²) in [6, 6.07) is 21.0. The summed E-state index contributed by atoms with van der Waals surface area (Å²) >= 11 is 0. The molecule has 0 saturated heterocycles. The predicted octanol–water partition coefficient (Wildman–Crippen LogP) is 4.71. The van der Waals surface area contributed by atoms with Gasteiger partial charge in [0.1, 0.15) is 12.6 Å². The van der Waals surface area contributed by atoms with Crippen molar-refractivity contribution < 1.29 is 29.0 Å². The van der Waals surface area contributed by atoms with Gasteiger partial charge in [-0.25, -0.2) is 0 Å². The van der Waals surface area contributed by atoms with Crippen LogP contribution in [0.1, 0.15) is 38.2 Å². The molecular weight excluding hydrogens is 570 g/mol. The van der Waals surface area contributed by atoms with Crippen LogP contribution in [0, 0.1) is 11.8 Å². The van der Waals surface area contributed by atoms with E-state index in [1.165, 1.54) is 6.08 Å². The minimum absolute atomic E-state index is 0.173. The lowest BCUT2D eigenvalue weighted by molar-refractivity contribution is -0.150. The van der Waals surface area contributed by atoms with Crippen LogP contribution in [0.25, 0.3) is 10.8 Å². The first kappa shape index (κ1) is 34.7. The molecule has 9 heteroatoms. The van der Waals surface area contributed by atoms with E-state index in [0.29, 0.717) is 24.9 Å². The van der Waals surface area contributed by atoms with Gasteiger partial charge < -0.3 is 25.8 Å². The largest absolute Gasteiger partial charge is 0.463 e. The molecule has 0 aromatic heterocycles. The molecular formula is C36H43N3O6. The Morgan fingerprint density at radius 3 is 2.27 bits per heavy atom. The Hall–Kier alpha value is -4.76. The summed E-state index contributed by atoms with van der Waals surface area (Å²) in [5.74, 6) is -3.36. The SMILES string of the molecule is C=CCC[C@H](Cc1ccccc1)C(=O)OC[C@H](NC(=O)[C@@H](CC=C)CC(=O)N[C@H](C)CO)C(=O)Nc1ccc2ccccc2c1. The summed E-state index contributed by atoms with van der Waals surface area (Å²) in [6.45, 7) is 8.44. The number of ether oxygens (including phenoxy) is 1. The van der Waals surface area contributed by atoms with E-state index in [4.69, 9.17) is 4.74 Å². The number of carbonyl (C=O) groups excluding carboxylic acids is 4. The number of amides is 3. The number of fused-ring (bicyclic) bond motifs is 1. The van der Waals surface area contributed by atoms with Gasteiger partial charge in [0, 0.05) is 18.2 Å². The van der Waals surface area contributed by atoms with E-state index in [2.05, 4.69) is 29.1 Å². The van der Waals surface area contributed by atoms with Crippen LogP contribution >= 0.6 is 0 Å². The number of allylic oxidation sites excluding steroid dienone is 2. The zero-order valence-corrected chi connectivity index (χ0v) is 25.7. The lowest BCUT2D eigenvalue weighted by atomic mass is 9.95. The Morgan fingerprint density at radius 1 is 0.867 bits per heavy atom. The van der Waals surface area contributed by atoms with Crippen LogP contribution in [-0.2, 0) is 30.3 Å². The minimum atomic E-state index is -1.24. The highest BCUT2D eigenvalue weighted by Gasteiger charge is 2.29. The van der Waals surface area contributed by atoms with E-state index >= 15 is 0 Å². The molecule has 0 aliphatic heterocycles. The number of esters is 1. The van der Waals surface area contributed by atoms with Gasteiger partial charge in [0.05, 0.1) is 18.4 Å². The van der Waals surface area contributed by atoms with Crippen molar-refractivity contribution in [2.75, 3.05) is 18.5 Å². The van der Waals surface area contributed by atoms with Crippen LogP contribution in [0.15, 0.2) is 98.1 Å². The fraction of sp³-hybridized carbons (Fsp3) is 0.333. The second-order valence-electron chi connectivity index (χ2n) is 11.1. The molecule has 4 atom stereocenters. The lowest BCUT2D eigenvalue weighted by Crippen LogP contribution is -2.50. The van der Waals surface area contributed by atoms with E-state index < -0.39 is 54.2 Å². The number of hydrogen-bond donors (Lipinski definition) is 4. The molecule has 0 bridgehead atoms. The fourth-order valence-corrected chi connectivity index (χ4v) is 4.86. The third-order valence-electron chi connectivity index (χ3n) is 7.35. The van der Waals surface area contributed by atoms with Gasteiger partial charge in [0.25, 0.3) is 5.91 Å². The van der Waals surface area contributed by atoms with Gasteiger partial charge in [-0.3, -0.25) is 19.2 Å². The Morgan fingerprint density at radius 2 is 1.58 bits per heavy atom. The number of rotatable bonds is 18. The van der Waals surface area contributed by atoms with Gasteiger partial charge in [-0.1, -0.05) is 72.8 Å². The average Bonchev–Trinajstić information content (AvgIpc) is 3.04. The molecule has 0 spiro atoms. The Bertz CT molecular complexity index is 1460. The summed E-state index contributed by atoms with van der Waals surface area (Å²) in [5.41, 5.74) is 1.49. The first-order valence-corrected chi connectivity index (χ1v) is 15.2. The molecule has 45 heavy (non-hydrogen) atoms. The molecule has 0 fully saturated rings. The molecule has 3 amide bonds. The molecule has 0 aliphatic rings. The van der Waals surface area contributed by atoms with Crippen molar-refractivity contribution in [1.82, 2.24) is 10.6 Å². The number of anilines is 1. The number of hydrogen-bond acceptors (Lipinski definition) is 6. The van der Waals surface area contributed by atoms with Gasteiger partial charge in [-0.2, -0.15) is 0 Å². The molecule has 238 valence electrons. The van der Waals surface area contributed by atoms with E-state index in [-0.39, 0.29) is 19.4 Å². The summed E-state index contributed by atoms with van der Waals surface area (Å²) in [5, 5.41) is 19.3. The van der Waals surface area contributed by atoms with Crippen LogP contribution in [0.3, 0.4) is 0 Å². The topological polar surface area (TPSA) is 134 Å². The monoisotopic (exact) mass is 613 g/mol. The second kappa shape index (κ2) is 18.1. The van der Waals surface area contributed by atoms with Crippen molar-refractivity contribution in [2.45, 2.75) is 51.1 Å². The zero-order valence-electron chi connectivity index (χ0n) is 25.7. The van der Waals surface area contributed by atoms with Gasteiger partial charge in [0.2, 0.25) is 11.8 Å². The van der Waals surface area contributed by atoms with Crippen molar-refractivity contribution in [3.05, 3.63) is 104 Å². The maximum absolute atomic E-state index is 13.6. The zero-order chi connectivity index (χ0) is 32.6. The van der Waals surface area contributed by atoms with Gasteiger partial charge in [0.15, 0.2) is 0 Å². The molecule has 3 aromatic rings. The third-order valence-corrected chi connectivity index (χ3v) is 7.35. The molecule has 0 aliphatic carbocycles. The molecule has 0 heterocycles. The highest BCUT2D eigenvalue weighted by molar-refractivity contribution is 5.99. The van der Waals surface area contributed by atoms with Crippen molar-refractivity contribution in [3.63, 3.8) is 0 Å². The van der Waals surface area contributed by atoms with Crippen LogP contribution in [-0.4, -0.2) is 54.1 Å². The summed E-state index contributed by atoms with van der Waals surface area (Å²) in [7, 11) is 0. The van der Waals surface area contributed by atoms with Crippen LogP contribution < -0.4 is 16.0 Å². The van der Waals surface area contributed by atoms with Crippen LogP contribution in [0.2, 0.25) is 0 Å². The highest BCUT2D eigenvalue weighted by Crippen LogP contribution is 2.20. The van der Waals surface area contributed by atoms with E-state index in [0.717, 1.165) is 16.3 Å². The summed E-state index contributed by atoms with van der Waals surface area (Å²) in [4.78, 5) is 52.8. The van der Waals surface area contributed by atoms with E-state index in [9.17, 15) is 24.3 Å². The molecule has 3 rings (SSSR count). The first-order valence-electron chi connectivity index (χ1n) is 15.2. The second-order valence-corrected chi connectivity index (χ2v) is 11.1. The molecule has 9 nitrogen and oxygen atoms in total. The summed E-state index contributed by atoms with van der Waals surface area (Å²) < 4.78 is 5.68. The van der Waals surface area contributed by atoms with Crippen molar-refractivity contribution >= 4 is 40.2 Å². The molecule has 4 N–H and O–H groups in total. The van der Waals surface area contributed by atoms with Crippen LogP contribution in [0.5, 0.6) is 0 Å². The molecule has 0 saturated carbocycles. The highest BCUT2D eigenvalue weighted by atomic mass is 16.5. The number of benzene rings is 3. The fourth-order valence-electron chi connectivity index (χ4n) is 4.86. The normalized spacial score (nSPS) is 13.5. The Labute approximate surface area is 264 Å². The van der Waals surface area contributed by atoms with Gasteiger partial charge >= 0.3 is 5.97 Å². The average molecular weight is 614 g/mol. The number of aliphatic hydroxyl groups is 1. The van der Waals surface area contributed by atoms with Crippen molar-refractivity contribution in [2.24, 2.45) is 11.8 Å². The quantitative estimate of drug-likeness (QED) is 0.121. The van der Waals surface area contributed by atoms with E-state index in [1.807, 2.05) is 66.7 Å². The molecule has 3 aromatic carbocycles. The van der Waals surface area contributed by atoms with Crippen molar-refractivity contribution in [3.8, 4) is 0 Å². The summed E-state index contributed by atoms with van der Waals surface area (Å²) in [6.07, 6.45) is 4.83. The lowest BCUT2D eigenvalue weighted by Gasteiger charge is -2.23. The Kier molecular flexibility index (Phi) is 14.0. The number of aliphatic hydroxyl groups excluding tert-OH is 1. The number of carbonyl (C=O) groups is 4. The predicted molar refractivity (Wildman–Crippen MR) is 176 cm³/mol. The minimum Gasteiger partial charge on any atom is -0.463 e. The van der Waals surface area contributed by atoms with E-state index in [1.54, 1.807) is 19.1 Å². The number of nitrogens with one attached hydrogen (secondary N) is 3. The van der Waals surface area contributed by atoms with Gasteiger partial charge in [-0.05, 0) is 61.1 Å². The van der Waals surface area contributed by atoms with Crippen LogP contribution in [0.4, 0.5) is 5.69 Å². The maximum Gasteiger partial charge on any atom is 0.309 e. The van der Waals surface area contributed by atoms with Gasteiger partial charge in [-0.15, -0.1) is 13.2 Å². The van der Waals surface area contributed by atoms with Crippen molar-refractivity contribution in [1.29, 1.82) is 0 Å². The Balaban J connectivity index is 1.79. The molecule has 0 unspecified atom stereocenters. The smallest absolute Gasteiger partial charge is 0.309 e.